The molecule has 0 heterocycles. The largest absolute Gasteiger partial charge is 0.493 e. The second-order valence-electron chi connectivity index (χ2n) is 7.59. The maximum Gasteiger partial charge on any atom is 0.238 e. The standard InChI is InChI=1S/C24H30N2O5S/c1-18(2)23(26-32(4,28)29)24(27)25-15-14-20-12-13-21(22(17-20)30-3)31-16-8-11-19-9-6-5-7-10-19/h5-7,9-10,12-13,17-18,23,26H,14-16H2,1-4H3,(H,25,27). The summed E-state index contributed by atoms with van der Waals surface area (Å²) >= 11 is 0. The highest BCUT2D eigenvalue weighted by atomic mass is 32.2. The van der Waals surface area contributed by atoms with E-state index >= 15 is 0 Å². The van der Waals surface area contributed by atoms with E-state index in [0.29, 0.717) is 24.5 Å². The number of sulfonamides is 1. The molecular weight excluding hydrogens is 428 g/mol. The zero-order valence-electron chi connectivity index (χ0n) is 18.8. The minimum Gasteiger partial charge on any atom is -0.493 e. The average Bonchev–Trinajstić information content (AvgIpc) is 2.75. The molecule has 172 valence electrons. The fraction of sp³-hybridized carbons (Fsp3) is 0.375. The van der Waals surface area contributed by atoms with Gasteiger partial charge in [0.15, 0.2) is 11.5 Å². The molecule has 0 radical (unpaired) electrons. The van der Waals surface area contributed by atoms with Gasteiger partial charge in [0.05, 0.1) is 13.4 Å². The maximum absolute atomic E-state index is 12.4. The third-order valence-corrected chi connectivity index (χ3v) is 5.22. The fourth-order valence-corrected chi connectivity index (χ4v) is 3.76. The Kier molecular flexibility index (Phi) is 9.57. The van der Waals surface area contributed by atoms with Crippen molar-refractivity contribution in [2.45, 2.75) is 26.3 Å². The molecule has 8 heteroatoms. The summed E-state index contributed by atoms with van der Waals surface area (Å²) in [5.41, 5.74) is 1.87. The van der Waals surface area contributed by atoms with Crippen molar-refractivity contribution in [3.05, 3.63) is 59.7 Å². The number of amides is 1. The van der Waals surface area contributed by atoms with Gasteiger partial charge in [-0.05, 0) is 42.2 Å². The third-order valence-electron chi connectivity index (χ3n) is 4.54. The third kappa shape index (κ3) is 8.61. The van der Waals surface area contributed by atoms with Crippen molar-refractivity contribution in [2.75, 3.05) is 26.5 Å². The molecule has 2 aromatic rings. The van der Waals surface area contributed by atoms with Crippen LogP contribution in [0.4, 0.5) is 0 Å². The molecule has 32 heavy (non-hydrogen) atoms. The molecule has 0 aromatic heterocycles. The summed E-state index contributed by atoms with van der Waals surface area (Å²) in [6.07, 6.45) is 1.60. The molecule has 0 bridgehead atoms. The Bertz CT molecular complexity index is 1060. The highest BCUT2D eigenvalue weighted by Crippen LogP contribution is 2.28. The van der Waals surface area contributed by atoms with Gasteiger partial charge < -0.3 is 14.8 Å². The average molecular weight is 459 g/mol. The van der Waals surface area contributed by atoms with Gasteiger partial charge >= 0.3 is 0 Å². The molecule has 0 aliphatic rings. The number of rotatable bonds is 10. The van der Waals surface area contributed by atoms with E-state index in [-0.39, 0.29) is 18.4 Å². The molecule has 1 unspecified atom stereocenters. The summed E-state index contributed by atoms with van der Waals surface area (Å²) in [7, 11) is -1.92. The van der Waals surface area contributed by atoms with E-state index in [1.165, 1.54) is 0 Å². The van der Waals surface area contributed by atoms with E-state index < -0.39 is 16.1 Å². The molecule has 1 amide bonds. The molecular formula is C24H30N2O5S. The highest BCUT2D eigenvalue weighted by molar-refractivity contribution is 7.88. The summed E-state index contributed by atoms with van der Waals surface area (Å²) in [5, 5.41) is 2.79. The van der Waals surface area contributed by atoms with Gasteiger partial charge in [-0.15, -0.1) is 0 Å². The molecule has 2 aromatic carbocycles. The molecule has 0 saturated heterocycles. The van der Waals surface area contributed by atoms with Crippen molar-refractivity contribution in [1.82, 2.24) is 10.0 Å². The van der Waals surface area contributed by atoms with Crippen LogP contribution in [0.25, 0.3) is 0 Å². The lowest BCUT2D eigenvalue weighted by molar-refractivity contribution is -0.123. The van der Waals surface area contributed by atoms with Crippen molar-refractivity contribution >= 4 is 15.9 Å². The van der Waals surface area contributed by atoms with E-state index in [0.717, 1.165) is 17.4 Å². The minimum atomic E-state index is -3.48. The summed E-state index contributed by atoms with van der Waals surface area (Å²) in [4.78, 5) is 12.4. The lowest BCUT2D eigenvalue weighted by Crippen LogP contribution is -2.49. The van der Waals surface area contributed by atoms with Crippen LogP contribution in [-0.4, -0.2) is 46.9 Å². The maximum atomic E-state index is 12.4. The SMILES string of the molecule is COc1cc(CCNC(=O)C(NS(C)(=O)=O)C(C)C)ccc1OCC#Cc1ccccc1. The van der Waals surface area contributed by atoms with Crippen LogP contribution in [0.1, 0.15) is 25.0 Å². The smallest absolute Gasteiger partial charge is 0.238 e. The number of ether oxygens (including phenoxy) is 2. The van der Waals surface area contributed by atoms with Gasteiger partial charge in [0.1, 0.15) is 12.6 Å². The molecule has 0 spiro atoms. The van der Waals surface area contributed by atoms with Crippen LogP contribution in [0, 0.1) is 17.8 Å². The predicted molar refractivity (Wildman–Crippen MR) is 125 cm³/mol. The molecule has 2 rings (SSSR count). The summed E-state index contributed by atoms with van der Waals surface area (Å²) in [6, 6.07) is 14.4. The van der Waals surface area contributed by atoms with Gasteiger partial charge in [0.25, 0.3) is 0 Å². The van der Waals surface area contributed by atoms with Gasteiger partial charge in [0.2, 0.25) is 15.9 Å². The van der Waals surface area contributed by atoms with Gasteiger partial charge in [0, 0.05) is 12.1 Å². The van der Waals surface area contributed by atoms with E-state index in [1.54, 1.807) is 21.0 Å². The van der Waals surface area contributed by atoms with Gasteiger partial charge in [-0.3, -0.25) is 4.79 Å². The number of benzene rings is 2. The Morgan fingerprint density at radius 2 is 1.81 bits per heavy atom. The van der Waals surface area contributed by atoms with Crippen molar-refractivity contribution in [3.63, 3.8) is 0 Å². The van der Waals surface area contributed by atoms with E-state index in [1.807, 2.05) is 48.5 Å². The van der Waals surface area contributed by atoms with E-state index in [9.17, 15) is 13.2 Å². The summed E-state index contributed by atoms with van der Waals surface area (Å²) < 4.78 is 36.5. The lowest BCUT2D eigenvalue weighted by atomic mass is 10.0. The summed E-state index contributed by atoms with van der Waals surface area (Å²) in [6.45, 7) is 4.16. The normalized spacial score (nSPS) is 11.9. The van der Waals surface area contributed by atoms with Crippen LogP contribution >= 0.6 is 0 Å². The van der Waals surface area contributed by atoms with Crippen LogP contribution in [0.15, 0.2) is 48.5 Å². The Balaban J connectivity index is 1.90. The summed E-state index contributed by atoms with van der Waals surface area (Å²) in [5.74, 6) is 6.64. The second kappa shape index (κ2) is 12.1. The Labute approximate surface area is 190 Å². The molecule has 0 saturated carbocycles. The van der Waals surface area contributed by atoms with Crippen LogP contribution in [-0.2, 0) is 21.2 Å². The zero-order chi connectivity index (χ0) is 23.6. The number of carbonyl (C=O) groups is 1. The van der Waals surface area contributed by atoms with Crippen LogP contribution < -0.4 is 19.5 Å². The van der Waals surface area contributed by atoms with Crippen molar-refractivity contribution in [2.24, 2.45) is 5.92 Å². The van der Waals surface area contributed by atoms with E-state index in [2.05, 4.69) is 21.9 Å². The molecule has 2 N–H and O–H groups in total. The minimum absolute atomic E-state index is 0.175. The number of nitrogens with one attached hydrogen (secondary N) is 2. The number of hydrogen-bond donors (Lipinski definition) is 2. The van der Waals surface area contributed by atoms with Crippen molar-refractivity contribution in [1.29, 1.82) is 0 Å². The number of carbonyl (C=O) groups excluding carboxylic acids is 1. The van der Waals surface area contributed by atoms with Crippen LogP contribution in [0.3, 0.4) is 0 Å². The lowest BCUT2D eigenvalue weighted by Gasteiger charge is -2.20. The fourth-order valence-electron chi connectivity index (χ4n) is 2.92. The van der Waals surface area contributed by atoms with Crippen LogP contribution in [0.5, 0.6) is 11.5 Å². The van der Waals surface area contributed by atoms with Crippen molar-refractivity contribution < 1.29 is 22.7 Å². The molecule has 0 aliphatic carbocycles. The number of methoxy groups -OCH3 is 1. The van der Waals surface area contributed by atoms with Gasteiger partial charge in [-0.1, -0.05) is 50.0 Å². The quantitative estimate of drug-likeness (QED) is 0.533. The first-order chi connectivity index (χ1) is 15.2. The number of hydrogen-bond acceptors (Lipinski definition) is 5. The molecule has 7 nitrogen and oxygen atoms in total. The first kappa shape index (κ1) is 25.2. The highest BCUT2D eigenvalue weighted by Gasteiger charge is 2.24. The molecule has 1 atom stereocenters. The Morgan fingerprint density at radius 1 is 1.09 bits per heavy atom. The predicted octanol–water partition coefficient (Wildman–Crippen LogP) is 2.36. The monoisotopic (exact) mass is 458 g/mol. The topological polar surface area (TPSA) is 93.7 Å². The van der Waals surface area contributed by atoms with E-state index in [4.69, 9.17) is 9.47 Å². The zero-order valence-corrected chi connectivity index (χ0v) is 19.7. The van der Waals surface area contributed by atoms with Crippen molar-refractivity contribution in [3.8, 4) is 23.3 Å². The first-order valence-electron chi connectivity index (χ1n) is 10.3. The second-order valence-corrected chi connectivity index (χ2v) is 9.37. The van der Waals surface area contributed by atoms with Gasteiger partial charge in [-0.2, -0.15) is 0 Å². The van der Waals surface area contributed by atoms with Crippen LogP contribution in [0.2, 0.25) is 0 Å². The van der Waals surface area contributed by atoms with Gasteiger partial charge in [-0.25, -0.2) is 13.1 Å². The first-order valence-corrected chi connectivity index (χ1v) is 12.2. The Morgan fingerprint density at radius 3 is 2.44 bits per heavy atom. The molecule has 0 aliphatic heterocycles. The molecule has 0 fully saturated rings. The Hall–Kier alpha value is -3.02.